The number of nitrogens with zero attached hydrogens (tertiary/aromatic N) is 5. The Morgan fingerprint density at radius 1 is 1.06 bits per heavy atom. The van der Waals surface area contributed by atoms with E-state index in [4.69, 9.17) is 4.74 Å². The number of carbonyl (C=O) groups is 2. The van der Waals surface area contributed by atoms with Crippen molar-refractivity contribution in [2.45, 2.75) is 25.2 Å². The summed E-state index contributed by atoms with van der Waals surface area (Å²) in [6.45, 7) is 3.13. The second-order valence-electron chi connectivity index (χ2n) is 8.51. The quantitative estimate of drug-likeness (QED) is 0.735. The van der Waals surface area contributed by atoms with Crippen LogP contribution in [0.4, 0.5) is 11.5 Å². The molecular formula is C23H27N5O3. The van der Waals surface area contributed by atoms with Crippen LogP contribution in [0.2, 0.25) is 0 Å². The van der Waals surface area contributed by atoms with Gasteiger partial charge in [-0.15, -0.1) is 5.10 Å². The van der Waals surface area contributed by atoms with Crippen LogP contribution in [-0.4, -0.2) is 66.7 Å². The molecule has 0 bridgehead atoms. The number of amides is 2. The Morgan fingerprint density at radius 3 is 2.55 bits per heavy atom. The number of carbonyl (C=O) groups excluding carboxylic acids is 2. The van der Waals surface area contributed by atoms with Crippen molar-refractivity contribution in [3.8, 4) is 5.75 Å². The lowest BCUT2D eigenvalue weighted by Crippen LogP contribution is -2.51. The summed E-state index contributed by atoms with van der Waals surface area (Å²) in [5, 5.41) is 8.76. The van der Waals surface area contributed by atoms with Gasteiger partial charge in [0.15, 0.2) is 5.82 Å². The molecule has 8 heteroatoms. The van der Waals surface area contributed by atoms with Gasteiger partial charge >= 0.3 is 0 Å². The van der Waals surface area contributed by atoms with E-state index in [0.717, 1.165) is 30.3 Å². The van der Waals surface area contributed by atoms with Crippen molar-refractivity contribution < 1.29 is 14.3 Å². The maximum Gasteiger partial charge on any atom is 0.228 e. The van der Waals surface area contributed by atoms with Crippen LogP contribution in [0.3, 0.4) is 0 Å². The predicted molar refractivity (Wildman–Crippen MR) is 116 cm³/mol. The highest BCUT2D eigenvalue weighted by Crippen LogP contribution is 2.38. The molecule has 3 aliphatic rings. The molecule has 162 valence electrons. The van der Waals surface area contributed by atoms with Crippen molar-refractivity contribution in [2.24, 2.45) is 5.92 Å². The van der Waals surface area contributed by atoms with Gasteiger partial charge in [0.1, 0.15) is 5.75 Å². The van der Waals surface area contributed by atoms with Crippen LogP contribution >= 0.6 is 0 Å². The minimum Gasteiger partial charge on any atom is -0.497 e. The minimum absolute atomic E-state index is 0.0173. The van der Waals surface area contributed by atoms with Crippen molar-refractivity contribution in [3.63, 3.8) is 0 Å². The maximum absolute atomic E-state index is 13.1. The molecule has 0 spiro atoms. The second kappa shape index (κ2) is 8.17. The van der Waals surface area contributed by atoms with Crippen LogP contribution < -0.4 is 14.5 Å². The molecule has 3 fully saturated rings. The van der Waals surface area contributed by atoms with Crippen LogP contribution in [0.5, 0.6) is 5.75 Å². The lowest BCUT2D eigenvalue weighted by atomic mass is 10.1. The second-order valence-corrected chi connectivity index (χ2v) is 8.51. The summed E-state index contributed by atoms with van der Waals surface area (Å²) in [7, 11) is 1.60. The largest absolute Gasteiger partial charge is 0.497 e. The highest BCUT2D eigenvalue weighted by atomic mass is 16.5. The van der Waals surface area contributed by atoms with Crippen LogP contribution in [0.15, 0.2) is 36.4 Å². The van der Waals surface area contributed by atoms with Gasteiger partial charge in [0.25, 0.3) is 0 Å². The van der Waals surface area contributed by atoms with Gasteiger partial charge in [-0.25, -0.2) is 0 Å². The number of benzene rings is 1. The molecule has 1 unspecified atom stereocenters. The van der Waals surface area contributed by atoms with Gasteiger partial charge in [0.05, 0.1) is 18.7 Å². The van der Waals surface area contributed by atoms with Crippen molar-refractivity contribution in [3.05, 3.63) is 42.1 Å². The molecule has 3 heterocycles. The molecule has 1 aromatic heterocycles. The van der Waals surface area contributed by atoms with E-state index >= 15 is 0 Å². The molecule has 1 aliphatic carbocycles. The number of methoxy groups -OCH3 is 1. The maximum atomic E-state index is 13.1. The zero-order valence-corrected chi connectivity index (χ0v) is 17.7. The van der Waals surface area contributed by atoms with Crippen molar-refractivity contribution in [1.29, 1.82) is 0 Å². The molecule has 2 aromatic rings. The minimum atomic E-state index is -0.303. The number of piperazine rings is 1. The molecule has 2 amide bonds. The molecule has 2 aliphatic heterocycles. The molecule has 31 heavy (non-hydrogen) atoms. The van der Waals surface area contributed by atoms with E-state index in [1.165, 1.54) is 12.8 Å². The Morgan fingerprint density at radius 2 is 1.87 bits per heavy atom. The third-order valence-corrected chi connectivity index (χ3v) is 6.42. The van der Waals surface area contributed by atoms with E-state index in [9.17, 15) is 9.59 Å². The Hall–Kier alpha value is -3.16. The summed E-state index contributed by atoms with van der Waals surface area (Å²) in [5.41, 5.74) is 1.86. The first-order valence-corrected chi connectivity index (χ1v) is 10.9. The van der Waals surface area contributed by atoms with Gasteiger partial charge in [-0.05, 0) is 37.1 Å². The van der Waals surface area contributed by atoms with Crippen LogP contribution in [0.25, 0.3) is 0 Å². The standard InChI is InChI=1S/C23H27N5O3/c1-31-19-4-2-3-18(14-19)28-15-17(13-22(28)29)23(30)27-11-9-26(10-12-27)21-8-7-20(24-25-21)16-5-6-16/h2-4,7-8,14,16-17H,5-6,9-13,15H2,1H3. The van der Waals surface area contributed by atoms with Gasteiger partial charge < -0.3 is 19.4 Å². The molecule has 0 radical (unpaired) electrons. The van der Waals surface area contributed by atoms with Crippen LogP contribution in [0.1, 0.15) is 30.9 Å². The summed E-state index contributed by atoms with van der Waals surface area (Å²) >= 11 is 0. The van der Waals surface area contributed by atoms with Gasteiger partial charge in [-0.2, -0.15) is 5.10 Å². The Labute approximate surface area is 181 Å². The SMILES string of the molecule is COc1cccc(N2CC(C(=O)N3CCN(c4ccc(C5CC5)nn4)CC3)CC2=O)c1. The van der Waals surface area contributed by atoms with Gasteiger partial charge in [0.2, 0.25) is 11.8 Å². The molecule has 2 saturated heterocycles. The fourth-order valence-corrected chi connectivity index (χ4v) is 4.42. The molecule has 5 rings (SSSR count). The average Bonchev–Trinajstić information content (AvgIpc) is 3.60. The van der Waals surface area contributed by atoms with Gasteiger partial charge in [-0.1, -0.05) is 6.07 Å². The van der Waals surface area contributed by atoms with E-state index in [-0.39, 0.29) is 24.2 Å². The molecule has 1 aromatic carbocycles. The van der Waals surface area contributed by atoms with Crippen LogP contribution in [0, 0.1) is 5.92 Å². The van der Waals surface area contributed by atoms with E-state index in [1.807, 2.05) is 35.2 Å². The first kappa shape index (κ1) is 19.8. The number of anilines is 2. The fraction of sp³-hybridized carbons (Fsp3) is 0.478. The average molecular weight is 422 g/mol. The smallest absolute Gasteiger partial charge is 0.228 e. The number of hydrogen-bond acceptors (Lipinski definition) is 6. The Kier molecular flexibility index (Phi) is 5.21. The molecule has 1 atom stereocenters. The lowest BCUT2D eigenvalue weighted by molar-refractivity contribution is -0.136. The zero-order valence-electron chi connectivity index (χ0n) is 17.7. The monoisotopic (exact) mass is 421 g/mol. The van der Waals surface area contributed by atoms with E-state index in [2.05, 4.69) is 21.2 Å². The summed E-state index contributed by atoms with van der Waals surface area (Å²) in [5.74, 6) is 1.91. The fourth-order valence-electron chi connectivity index (χ4n) is 4.42. The first-order chi connectivity index (χ1) is 15.1. The summed E-state index contributed by atoms with van der Waals surface area (Å²) in [6.07, 6.45) is 2.69. The molecule has 0 N–H and O–H groups in total. The number of aromatic nitrogens is 2. The third-order valence-electron chi connectivity index (χ3n) is 6.42. The van der Waals surface area contributed by atoms with Gasteiger partial charge in [-0.3, -0.25) is 9.59 Å². The predicted octanol–water partition coefficient (Wildman–Crippen LogP) is 2.06. The molecule has 8 nitrogen and oxygen atoms in total. The summed E-state index contributed by atoms with van der Waals surface area (Å²) in [4.78, 5) is 31.4. The number of hydrogen-bond donors (Lipinski definition) is 0. The summed E-state index contributed by atoms with van der Waals surface area (Å²) < 4.78 is 5.26. The third kappa shape index (κ3) is 4.06. The van der Waals surface area contributed by atoms with Crippen LogP contribution in [-0.2, 0) is 9.59 Å². The van der Waals surface area contributed by atoms with Crippen molar-refractivity contribution in [1.82, 2.24) is 15.1 Å². The zero-order chi connectivity index (χ0) is 21.4. The van der Waals surface area contributed by atoms with Crippen molar-refractivity contribution in [2.75, 3.05) is 49.6 Å². The topological polar surface area (TPSA) is 78.9 Å². The highest BCUT2D eigenvalue weighted by molar-refractivity contribution is 6.00. The summed E-state index contributed by atoms with van der Waals surface area (Å²) in [6, 6.07) is 11.5. The lowest BCUT2D eigenvalue weighted by Gasteiger charge is -2.36. The van der Waals surface area contributed by atoms with E-state index in [1.54, 1.807) is 12.0 Å². The van der Waals surface area contributed by atoms with Crippen molar-refractivity contribution >= 4 is 23.3 Å². The number of rotatable bonds is 5. The Bertz CT molecular complexity index is 967. The molecule has 1 saturated carbocycles. The van der Waals surface area contributed by atoms with E-state index in [0.29, 0.717) is 31.3 Å². The van der Waals surface area contributed by atoms with E-state index < -0.39 is 0 Å². The Balaban J connectivity index is 1.18. The first-order valence-electron chi connectivity index (χ1n) is 10.9. The normalized spacial score (nSPS) is 21.5. The molecular weight excluding hydrogens is 394 g/mol. The number of ether oxygens (including phenoxy) is 1. The highest BCUT2D eigenvalue weighted by Gasteiger charge is 2.38. The van der Waals surface area contributed by atoms with Gasteiger partial charge in [0, 0.05) is 56.8 Å².